The number of hydrogen-bond donors (Lipinski definition) is 1. The van der Waals surface area contributed by atoms with Crippen LogP contribution < -0.4 is 36.1 Å². The molecule has 208 valence electrons. The average Bonchev–Trinajstić information content (AvgIpc) is 3.41. The number of piperazine rings is 1. The van der Waals surface area contributed by atoms with E-state index in [1.165, 1.54) is 5.56 Å². The molecule has 0 aliphatic carbocycles. The predicted octanol–water partition coefficient (Wildman–Crippen LogP) is 2.43. The molecule has 10 heteroatoms. The van der Waals surface area contributed by atoms with Crippen LogP contribution >= 0.6 is 23.2 Å². The number of ether oxygens (including phenoxy) is 3. The zero-order chi connectivity index (χ0) is 26.7. The van der Waals surface area contributed by atoms with Crippen molar-refractivity contribution in [3.63, 3.8) is 0 Å². The van der Waals surface area contributed by atoms with Gasteiger partial charge in [-0.2, -0.15) is 4.57 Å². The van der Waals surface area contributed by atoms with Gasteiger partial charge in [0.05, 0.1) is 28.8 Å². The topological polar surface area (TPSA) is 58.3 Å². The molecule has 3 aromatic carbocycles. The van der Waals surface area contributed by atoms with Crippen LogP contribution in [-0.4, -0.2) is 50.1 Å². The van der Waals surface area contributed by atoms with Gasteiger partial charge in [0.2, 0.25) is 12.5 Å². The first-order chi connectivity index (χ1) is 19.0. The summed E-state index contributed by atoms with van der Waals surface area (Å²) in [6.45, 7) is 5.31. The molecule has 1 N–H and O–H groups in total. The number of anilines is 1. The van der Waals surface area contributed by atoms with E-state index in [0.29, 0.717) is 15.8 Å². The first-order valence-corrected chi connectivity index (χ1v) is 13.9. The number of nitrogens with zero attached hydrogens (tertiary/aromatic N) is 3. The highest BCUT2D eigenvalue weighted by atomic mass is 35.5. The maximum Gasteiger partial charge on any atom is 0.231 e. The minimum absolute atomic E-state index is 0. The highest BCUT2D eigenvalue weighted by molar-refractivity contribution is 6.36. The van der Waals surface area contributed by atoms with Gasteiger partial charge in [-0.25, -0.2) is 0 Å². The number of aromatic nitrogens is 1. The molecule has 4 heterocycles. The molecule has 0 atom stereocenters. The monoisotopic (exact) mass is 599 g/mol. The minimum Gasteiger partial charge on any atom is -1.00 e. The summed E-state index contributed by atoms with van der Waals surface area (Å²) in [5.41, 5.74) is 5.63. The quantitative estimate of drug-likeness (QED) is 0.364. The number of phenolic OH excluding ortho intramolecular Hbond substituents is 1. The lowest BCUT2D eigenvalue weighted by atomic mass is 9.94. The molecule has 0 spiro atoms. The Morgan fingerprint density at radius 3 is 2.50 bits per heavy atom. The maximum atomic E-state index is 11.1. The van der Waals surface area contributed by atoms with Gasteiger partial charge in [-0.3, -0.25) is 4.90 Å². The van der Waals surface area contributed by atoms with Gasteiger partial charge in [0.15, 0.2) is 35.7 Å². The van der Waals surface area contributed by atoms with Crippen LogP contribution in [0.3, 0.4) is 0 Å². The van der Waals surface area contributed by atoms with Gasteiger partial charge >= 0.3 is 0 Å². The van der Waals surface area contributed by atoms with E-state index >= 15 is 0 Å². The molecule has 0 amide bonds. The molecule has 4 aromatic rings. The Hall–Kier alpha value is -3.10. The third kappa shape index (κ3) is 4.65. The average molecular weight is 601 g/mol. The second kappa shape index (κ2) is 10.7. The molecule has 0 bridgehead atoms. The van der Waals surface area contributed by atoms with E-state index in [4.69, 9.17) is 37.4 Å². The summed E-state index contributed by atoms with van der Waals surface area (Å²) in [5.74, 6) is 2.25. The fraction of sp³-hybridized carbons (Fsp3) is 0.300. The Balaban J connectivity index is 0.00000289. The van der Waals surface area contributed by atoms with Crippen LogP contribution in [0.2, 0.25) is 10.0 Å². The lowest BCUT2D eigenvalue weighted by Gasteiger charge is -2.36. The highest BCUT2D eigenvalue weighted by Crippen LogP contribution is 2.42. The number of hydrogen-bond acceptors (Lipinski definition) is 6. The Labute approximate surface area is 248 Å². The minimum atomic E-state index is 0. The number of phenols is 1. The Bertz CT molecular complexity index is 1620. The zero-order valence-corrected chi connectivity index (χ0v) is 24.2. The molecule has 1 aromatic heterocycles. The molecular weight excluding hydrogens is 573 g/mol. The molecule has 0 unspecified atom stereocenters. The zero-order valence-electron chi connectivity index (χ0n) is 21.9. The van der Waals surface area contributed by atoms with Crippen molar-refractivity contribution in [3.8, 4) is 34.3 Å². The van der Waals surface area contributed by atoms with Gasteiger partial charge in [-0.15, -0.1) is 0 Å². The first kappa shape index (κ1) is 27.1. The number of rotatable bonds is 4. The highest BCUT2D eigenvalue weighted by Gasteiger charge is 2.30. The van der Waals surface area contributed by atoms with Crippen LogP contribution in [0.1, 0.15) is 11.1 Å². The Kier molecular flexibility index (Phi) is 7.25. The van der Waals surface area contributed by atoms with Crippen molar-refractivity contribution in [1.29, 1.82) is 0 Å². The number of aryl methyl sites for hydroxylation is 2. The van der Waals surface area contributed by atoms with Crippen molar-refractivity contribution in [2.75, 3.05) is 45.0 Å². The predicted molar refractivity (Wildman–Crippen MR) is 152 cm³/mol. The van der Waals surface area contributed by atoms with Crippen molar-refractivity contribution in [2.24, 2.45) is 0 Å². The normalized spacial score (nSPS) is 15.9. The van der Waals surface area contributed by atoms with E-state index in [-0.39, 0.29) is 24.9 Å². The third-order valence-corrected chi connectivity index (χ3v) is 8.58. The molecule has 7 rings (SSSR count). The molecule has 40 heavy (non-hydrogen) atoms. The second-order valence-electron chi connectivity index (χ2n) is 10.2. The van der Waals surface area contributed by atoms with Gasteiger partial charge in [-0.1, -0.05) is 23.2 Å². The summed E-state index contributed by atoms with van der Waals surface area (Å²) in [4.78, 5) is 4.74. The summed E-state index contributed by atoms with van der Waals surface area (Å²) >= 11 is 12.6. The Morgan fingerprint density at radius 2 is 1.75 bits per heavy atom. The fourth-order valence-electron chi connectivity index (χ4n) is 5.98. The smallest absolute Gasteiger partial charge is 0.231 e. The van der Waals surface area contributed by atoms with Crippen LogP contribution in [-0.2, 0) is 19.5 Å². The molecule has 1 saturated heterocycles. The van der Waals surface area contributed by atoms with Crippen LogP contribution in [0.15, 0.2) is 48.7 Å². The van der Waals surface area contributed by atoms with Crippen molar-refractivity contribution in [1.82, 2.24) is 4.90 Å². The SMILES string of the molecule is COc1cc(CN2CCN(c3ccc(Cl)cc3Cl)CC2)c2cc3[n+](cc2c1O)CCc1cc2c(cc1-3)OCO2.[Cl-]. The molecule has 3 aliphatic rings. The van der Waals surface area contributed by atoms with Gasteiger partial charge in [-0.05, 0) is 47.5 Å². The van der Waals surface area contributed by atoms with Crippen LogP contribution in [0.25, 0.3) is 22.0 Å². The number of methoxy groups -OCH3 is 1. The van der Waals surface area contributed by atoms with Gasteiger partial charge in [0.25, 0.3) is 0 Å². The van der Waals surface area contributed by atoms with E-state index in [1.54, 1.807) is 13.2 Å². The van der Waals surface area contributed by atoms with E-state index in [0.717, 1.165) is 90.5 Å². The van der Waals surface area contributed by atoms with Crippen LogP contribution in [0.5, 0.6) is 23.0 Å². The number of fused-ring (bicyclic) bond motifs is 5. The molecule has 0 radical (unpaired) electrons. The van der Waals surface area contributed by atoms with E-state index in [9.17, 15) is 5.11 Å². The van der Waals surface area contributed by atoms with Crippen LogP contribution in [0.4, 0.5) is 5.69 Å². The van der Waals surface area contributed by atoms with Gasteiger partial charge in [0, 0.05) is 55.6 Å². The lowest BCUT2D eigenvalue weighted by Crippen LogP contribution is -3.00. The Morgan fingerprint density at radius 1 is 0.975 bits per heavy atom. The maximum absolute atomic E-state index is 11.1. The largest absolute Gasteiger partial charge is 1.00 e. The summed E-state index contributed by atoms with van der Waals surface area (Å²) in [6, 6.07) is 14.0. The molecule has 0 saturated carbocycles. The second-order valence-corrected chi connectivity index (χ2v) is 11.1. The van der Waals surface area contributed by atoms with Gasteiger partial charge < -0.3 is 36.6 Å². The number of aromatic hydroxyl groups is 1. The van der Waals surface area contributed by atoms with Crippen LogP contribution in [0, 0.1) is 0 Å². The van der Waals surface area contributed by atoms with Crippen molar-refractivity contribution in [2.45, 2.75) is 19.5 Å². The van der Waals surface area contributed by atoms with Crippen molar-refractivity contribution < 1.29 is 36.3 Å². The third-order valence-electron chi connectivity index (χ3n) is 8.04. The molecule has 7 nitrogen and oxygen atoms in total. The van der Waals surface area contributed by atoms with E-state index in [1.807, 2.05) is 18.2 Å². The van der Waals surface area contributed by atoms with E-state index < -0.39 is 0 Å². The summed E-state index contributed by atoms with van der Waals surface area (Å²) in [5, 5.41) is 14.2. The van der Waals surface area contributed by atoms with Crippen molar-refractivity contribution in [3.05, 3.63) is 69.8 Å². The molecule has 3 aliphatic heterocycles. The lowest BCUT2D eigenvalue weighted by molar-refractivity contribution is -0.686. The van der Waals surface area contributed by atoms with E-state index in [2.05, 4.69) is 38.8 Å². The first-order valence-electron chi connectivity index (χ1n) is 13.1. The summed E-state index contributed by atoms with van der Waals surface area (Å²) in [7, 11) is 1.60. The number of halogens is 3. The summed E-state index contributed by atoms with van der Waals surface area (Å²) < 4.78 is 19.1. The number of benzene rings is 3. The summed E-state index contributed by atoms with van der Waals surface area (Å²) in [6.07, 6.45) is 2.94. The fourth-order valence-corrected chi connectivity index (χ4v) is 6.51. The van der Waals surface area contributed by atoms with Crippen molar-refractivity contribution >= 4 is 39.7 Å². The molecule has 1 fully saturated rings. The standard InChI is InChI=1S/C30H27Cl2N3O4.ClH/c1-37-29-11-19(15-33-6-8-34(9-7-33)25-3-2-20(31)12-24(25)32)21-13-26-22-14-28-27(38-17-39-28)10-18(22)4-5-35(26)16-23(21)30(29)36;/h2-3,10-14,16H,4-9,15,17H2,1H3;1H. The van der Waals surface area contributed by atoms with Gasteiger partial charge in [0.1, 0.15) is 0 Å². The number of pyridine rings is 1. The molecular formula is C30H28Cl3N3O4.